The summed E-state index contributed by atoms with van der Waals surface area (Å²) in [5.74, 6) is 0. The van der Waals surface area contributed by atoms with Gasteiger partial charge in [0.25, 0.3) is 0 Å². The zero-order valence-corrected chi connectivity index (χ0v) is 11.8. The molecule has 0 aliphatic carbocycles. The molecular formula is C12H18N2O5S. The van der Waals surface area contributed by atoms with Crippen molar-refractivity contribution < 1.29 is 32.6 Å². The lowest BCUT2D eigenvalue weighted by atomic mass is 10.5. The zero-order valence-electron chi connectivity index (χ0n) is 11.0. The first-order valence-corrected chi connectivity index (χ1v) is 6.84. The summed E-state index contributed by atoms with van der Waals surface area (Å²) in [7, 11) is -5.17. The van der Waals surface area contributed by atoms with Crippen molar-refractivity contribution in [2.24, 2.45) is 0 Å². The largest absolute Gasteiger partial charge is 0.759 e. The van der Waals surface area contributed by atoms with Crippen LogP contribution >= 0.6 is 0 Å². The first-order valence-electron chi connectivity index (χ1n) is 5.51. The van der Waals surface area contributed by atoms with Crippen LogP contribution in [0.15, 0.2) is 61.2 Å². The first-order chi connectivity index (χ1) is 9.41. The van der Waals surface area contributed by atoms with E-state index < -0.39 is 10.4 Å². The van der Waals surface area contributed by atoms with Crippen molar-refractivity contribution in [3.63, 3.8) is 0 Å². The third kappa shape index (κ3) is 36.0. The highest BCUT2D eigenvalue weighted by molar-refractivity contribution is 7.79. The van der Waals surface area contributed by atoms with Gasteiger partial charge in [0.05, 0.1) is 0 Å². The summed E-state index contributed by atoms with van der Waals surface area (Å²) in [6.45, 7) is 1.93. The Morgan fingerprint density at radius 1 is 0.850 bits per heavy atom. The Kier molecular flexibility index (Phi) is 15.5. The van der Waals surface area contributed by atoms with Gasteiger partial charge in [0, 0.05) is 41.3 Å². The Hall–Kier alpha value is -1.87. The highest BCUT2D eigenvalue weighted by Crippen LogP contribution is 1.69. The van der Waals surface area contributed by atoms with Gasteiger partial charge < -0.3 is 14.2 Å². The second-order valence-electron chi connectivity index (χ2n) is 2.88. The van der Waals surface area contributed by atoms with Crippen LogP contribution in [-0.4, -0.2) is 29.2 Å². The molecule has 2 rings (SSSR count). The molecule has 0 fully saturated rings. The summed E-state index contributed by atoms with van der Waals surface area (Å²) in [4.78, 5) is 5.78. The summed E-state index contributed by atoms with van der Waals surface area (Å²) < 4.78 is 34.1. The molecule has 0 aliphatic heterocycles. The molecule has 2 heterocycles. The minimum Gasteiger partial charge on any atom is -0.759 e. The van der Waals surface area contributed by atoms with Gasteiger partial charge in [-0.05, 0) is 6.92 Å². The predicted octanol–water partition coefficient (Wildman–Crippen LogP) is -0.338. The molecule has 2 aromatic rings. The maximum absolute atomic E-state index is 8.52. The molecule has 0 saturated heterocycles. The lowest BCUT2D eigenvalue weighted by Crippen LogP contribution is -1.93. The average Bonchev–Trinajstić information content (AvgIpc) is 2.42. The summed E-state index contributed by atoms with van der Waals surface area (Å²) in [5, 5.41) is 7.57. The summed E-state index contributed by atoms with van der Waals surface area (Å²) in [6.07, 6.45) is 7.50. The highest BCUT2D eigenvalue weighted by atomic mass is 32.3. The quantitative estimate of drug-likeness (QED) is 0.526. The fourth-order valence-electron chi connectivity index (χ4n) is 0.684. The van der Waals surface area contributed by atoms with E-state index in [1.165, 1.54) is 0 Å². The molecule has 0 radical (unpaired) electrons. The van der Waals surface area contributed by atoms with Crippen molar-refractivity contribution >= 4 is 10.4 Å². The molecule has 0 atom stereocenters. The van der Waals surface area contributed by atoms with E-state index in [0.717, 1.165) is 0 Å². The topological polar surface area (TPSA) is 129 Å². The summed E-state index contributed by atoms with van der Waals surface area (Å²) >= 11 is 0. The van der Waals surface area contributed by atoms with Crippen LogP contribution in [0.3, 0.4) is 0 Å². The van der Waals surface area contributed by atoms with Crippen molar-refractivity contribution in [2.45, 2.75) is 6.92 Å². The molecule has 0 aliphatic rings. The predicted molar refractivity (Wildman–Crippen MR) is 69.2 cm³/mol. The lowest BCUT2D eigenvalue weighted by molar-refractivity contribution is -0.378. The number of hydrogen-bond acceptors (Lipinski definition) is 5. The number of aromatic amines is 2. The molecule has 3 N–H and O–H groups in total. The van der Waals surface area contributed by atoms with Gasteiger partial charge in [0.15, 0.2) is 24.8 Å². The molecule has 0 bridgehead atoms. The number of aliphatic hydroxyl groups excluding tert-OH is 1. The monoisotopic (exact) mass is 302 g/mol. The fourth-order valence-corrected chi connectivity index (χ4v) is 0.684. The Morgan fingerprint density at radius 2 is 1.05 bits per heavy atom. The van der Waals surface area contributed by atoms with E-state index in [-0.39, 0.29) is 6.61 Å². The number of pyridine rings is 2. The van der Waals surface area contributed by atoms with Gasteiger partial charge in [0.1, 0.15) is 0 Å². The van der Waals surface area contributed by atoms with Gasteiger partial charge in [-0.1, -0.05) is 12.1 Å². The van der Waals surface area contributed by atoms with Crippen LogP contribution in [0.5, 0.6) is 0 Å². The molecule has 8 heteroatoms. The van der Waals surface area contributed by atoms with Crippen LogP contribution in [0.25, 0.3) is 0 Å². The molecular weight excluding hydrogens is 284 g/mol. The number of aromatic nitrogens is 2. The summed E-state index contributed by atoms with van der Waals surface area (Å²) in [6, 6.07) is 11.7. The van der Waals surface area contributed by atoms with Crippen molar-refractivity contribution in [1.29, 1.82) is 0 Å². The van der Waals surface area contributed by atoms with Crippen LogP contribution in [0.2, 0.25) is 0 Å². The van der Waals surface area contributed by atoms with Crippen LogP contribution in [0, 0.1) is 0 Å². The zero-order chi connectivity index (χ0) is 15.7. The Balaban J connectivity index is 0. The second kappa shape index (κ2) is 15.2. The van der Waals surface area contributed by atoms with Gasteiger partial charge in [-0.25, -0.2) is 9.97 Å². The van der Waals surface area contributed by atoms with E-state index in [0.29, 0.717) is 0 Å². The minimum atomic E-state index is -5.17. The molecule has 0 spiro atoms. The van der Waals surface area contributed by atoms with E-state index in [2.05, 4.69) is 9.97 Å². The van der Waals surface area contributed by atoms with Crippen molar-refractivity contribution in [1.82, 2.24) is 0 Å². The van der Waals surface area contributed by atoms with E-state index in [9.17, 15) is 0 Å². The number of aliphatic hydroxyl groups is 1. The molecule has 2 aromatic heterocycles. The minimum absolute atomic E-state index is 0.250. The van der Waals surface area contributed by atoms with Gasteiger partial charge in [0.2, 0.25) is 0 Å². The van der Waals surface area contributed by atoms with Gasteiger partial charge in [-0.15, -0.1) is 0 Å². The van der Waals surface area contributed by atoms with Gasteiger partial charge >= 0.3 is 0 Å². The Bertz CT molecular complexity index is 387. The van der Waals surface area contributed by atoms with Gasteiger partial charge in [-0.2, -0.15) is 0 Å². The first kappa shape index (κ1) is 20.4. The normalized spacial score (nSPS) is 8.60. The Labute approximate surface area is 118 Å². The van der Waals surface area contributed by atoms with E-state index in [1.807, 2.05) is 61.2 Å². The molecule has 0 unspecified atom stereocenters. The number of rotatable bonds is 0. The highest BCUT2D eigenvalue weighted by Gasteiger charge is 1.66. The van der Waals surface area contributed by atoms with Crippen molar-refractivity contribution in [3.8, 4) is 0 Å². The van der Waals surface area contributed by atoms with Crippen molar-refractivity contribution in [2.75, 3.05) is 6.61 Å². The smallest absolute Gasteiger partial charge is 0.166 e. The maximum atomic E-state index is 8.52. The molecule has 0 aromatic carbocycles. The van der Waals surface area contributed by atoms with E-state index in [4.69, 9.17) is 22.6 Å². The fraction of sp³-hybridized carbons (Fsp3) is 0.167. The molecule has 7 nitrogen and oxygen atoms in total. The standard InChI is InChI=1S/2C5H5N.C2H6O.H2O4S/c2*1-2-4-6-5-3-1;1-2-3;1-5(2,3)4/h2*1-5H;3H,2H2,1H3;(H2,1,2,3,4). The molecule has 0 amide bonds. The lowest BCUT2D eigenvalue weighted by Gasteiger charge is -2.06. The SMILES string of the molecule is CCO.O=S(=O)([O-])[O-].c1cc[nH+]cc1.c1cc[nH+]cc1. The number of nitrogens with one attached hydrogen (secondary N) is 2. The number of hydrogen-bond donors (Lipinski definition) is 1. The van der Waals surface area contributed by atoms with Crippen LogP contribution in [0.1, 0.15) is 6.92 Å². The van der Waals surface area contributed by atoms with Gasteiger partial charge in [-0.3, -0.25) is 8.42 Å². The molecule has 0 saturated carbocycles. The summed E-state index contributed by atoms with van der Waals surface area (Å²) in [5.41, 5.74) is 0. The van der Waals surface area contributed by atoms with Crippen LogP contribution in [0.4, 0.5) is 0 Å². The van der Waals surface area contributed by atoms with E-state index in [1.54, 1.807) is 6.92 Å². The van der Waals surface area contributed by atoms with Crippen LogP contribution in [-0.2, 0) is 10.4 Å². The third-order valence-corrected chi connectivity index (χ3v) is 1.21. The maximum Gasteiger partial charge on any atom is 0.166 e. The number of H-pyrrole nitrogens is 2. The molecule has 20 heavy (non-hydrogen) atoms. The van der Waals surface area contributed by atoms with E-state index >= 15 is 0 Å². The van der Waals surface area contributed by atoms with Crippen molar-refractivity contribution in [3.05, 3.63) is 61.2 Å². The van der Waals surface area contributed by atoms with Crippen LogP contribution < -0.4 is 9.97 Å². The average molecular weight is 302 g/mol. The second-order valence-corrected chi connectivity index (χ2v) is 3.70. The molecule has 112 valence electrons. The Morgan fingerprint density at radius 3 is 1.10 bits per heavy atom. The third-order valence-electron chi connectivity index (χ3n) is 1.21.